The highest BCUT2D eigenvalue weighted by Crippen LogP contribution is 2.24. The third kappa shape index (κ3) is 2.91. The molecule has 1 N–H and O–H groups in total. The van der Waals surface area contributed by atoms with Crippen molar-refractivity contribution in [1.29, 1.82) is 0 Å². The number of carbonyl (C=O) groups excluding carboxylic acids is 1. The molecule has 0 aromatic carbocycles. The van der Waals surface area contributed by atoms with Gasteiger partial charge in [-0.15, -0.1) is 0 Å². The van der Waals surface area contributed by atoms with Crippen LogP contribution in [0.5, 0.6) is 0 Å². The zero-order valence-corrected chi connectivity index (χ0v) is 11.1. The van der Waals surface area contributed by atoms with Gasteiger partial charge >= 0.3 is 0 Å². The zero-order chi connectivity index (χ0) is 13.0. The number of carbonyl (C=O) groups is 1. The molecule has 0 spiro atoms. The van der Waals surface area contributed by atoms with Gasteiger partial charge in [-0.25, -0.2) is 0 Å². The summed E-state index contributed by atoms with van der Waals surface area (Å²) >= 11 is 0. The number of nitrogens with zero attached hydrogens (tertiary/aromatic N) is 2. The third-order valence-electron chi connectivity index (χ3n) is 3.44. The number of fused-ring (bicyclic) bond motifs is 1. The van der Waals surface area contributed by atoms with Crippen LogP contribution in [0.4, 0.5) is 0 Å². The van der Waals surface area contributed by atoms with Gasteiger partial charge in [0.1, 0.15) is 0 Å². The number of nitrogens with one attached hydrogen (secondary N) is 1. The van der Waals surface area contributed by atoms with Gasteiger partial charge in [-0.3, -0.25) is 9.69 Å². The first-order valence-corrected chi connectivity index (χ1v) is 6.37. The van der Waals surface area contributed by atoms with Crippen LogP contribution in [0.15, 0.2) is 18.3 Å². The van der Waals surface area contributed by atoms with Crippen molar-refractivity contribution in [2.75, 3.05) is 33.4 Å². The Hall–Kier alpha value is -1.33. The smallest absolute Gasteiger partial charge is 0.234 e. The molecule has 1 aromatic rings. The van der Waals surface area contributed by atoms with Crippen molar-refractivity contribution < 1.29 is 9.53 Å². The van der Waals surface area contributed by atoms with Gasteiger partial charge in [0.2, 0.25) is 5.91 Å². The number of hydrogen-bond acceptors (Lipinski definition) is 3. The molecular formula is C13H21N3O2. The summed E-state index contributed by atoms with van der Waals surface area (Å²) in [6.07, 6.45) is 2.10. The van der Waals surface area contributed by atoms with Crippen molar-refractivity contribution in [3.05, 3.63) is 24.0 Å². The molecule has 1 aromatic heterocycles. The topological polar surface area (TPSA) is 46.5 Å². The van der Waals surface area contributed by atoms with Crippen LogP contribution in [0.3, 0.4) is 0 Å². The summed E-state index contributed by atoms with van der Waals surface area (Å²) in [6.45, 7) is 5.61. The molecule has 0 radical (unpaired) electrons. The molecule has 2 heterocycles. The molecule has 0 bridgehead atoms. The van der Waals surface area contributed by atoms with E-state index in [2.05, 4.69) is 40.0 Å². The van der Waals surface area contributed by atoms with E-state index < -0.39 is 0 Å². The molecule has 1 atom stereocenters. The van der Waals surface area contributed by atoms with Crippen molar-refractivity contribution in [2.45, 2.75) is 19.5 Å². The van der Waals surface area contributed by atoms with Gasteiger partial charge in [-0.2, -0.15) is 0 Å². The number of amides is 1. The van der Waals surface area contributed by atoms with Gasteiger partial charge in [0.25, 0.3) is 0 Å². The SMILES string of the molecule is COCCNC(=O)CN1CCn2cccc2C1C. The fraction of sp³-hybridized carbons (Fsp3) is 0.615. The standard InChI is InChI=1S/C13H21N3O2/c1-11-12-4-3-6-15(12)7-8-16(11)10-13(17)14-5-9-18-2/h3-4,6,11H,5,7-10H2,1-2H3,(H,14,17). The summed E-state index contributed by atoms with van der Waals surface area (Å²) in [7, 11) is 1.63. The second kappa shape index (κ2) is 6.02. The number of hydrogen-bond donors (Lipinski definition) is 1. The second-order valence-electron chi connectivity index (χ2n) is 4.62. The molecule has 0 saturated carbocycles. The number of methoxy groups -OCH3 is 1. The van der Waals surface area contributed by atoms with Gasteiger partial charge in [-0.05, 0) is 19.1 Å². The van der Waals surface area contributed by atoms with Crippen LogP contribution < -0.4 is 5.32 Å². The average Bonchev–Trinajstić information content (AvgIpc) is 2.82. The molecule has 1 unspecified atom stereocenters. The molecule has 100 valence electrons. The monoisotopic (exact) mass is 251 g/mol. The Morgan fingerprint density at radius 3 is 3.17 bits per heavy atom. The Kier molecular flexibility index (Phi) is 4.38. The predicted molar refractivity (Wildman–Crippen MR) is 69.3 cm³/mol. The molecule has 2 rings (SSSR count). The van der Waals surface area contributed by atoms with Gasteiger partial charge in [0.05, 0.1) is 13.2 Å². The van der Waals surface area contributed by atoms with Crippen LogP contribution in [-0.2, 0) is 16.1 Å². The minimum atomic E-state index is 0.0684. The maximum Gasteiger partial charge on any atom is 0.234 e. The van der Waals surface area contributed by atoms with E-state index >= 15 is 0 Å². The Labute approximate surface area is 108 Å². The second-order valence-corrected chi connectivity index (χ2v) is 4.62. The zero-order valence-electron chi connectivity index (χ0n) is 11.1. The molecule has 1 aliphatic rings. The maximum atomic E-state index is 11.8. The van der Waals surface area contributed by atoms with Crippen molar-refractivity contribution in [2.24, 2.45) is 0 Å². The quantitative estimate of drug-likeness (QED) is 0.781. The Balaban J connectivity index is 1.86. The highest BCUT2D eigenvalue weighted by molar-refractivity contribution is 5.78. The van der Waals surface area contributed by atoms with Crippen LogP contribution in [0, 0.1) is 0 Å². The van der Waals surface area contributed by atoms with Crippen LogP contribution in [0.1, 0.15) is 18.7 Å². The Morgan fingerprint density at radius 1 is 1.56 bits per heavy atom. The molecule has 0 fully saturated rings. The molecule has 0 aliphatic carbocycles. The lowest BCUT2D eigenvalue weighted by atomic mass is 10.1. The van der Waals surface area contributed by atoms with Gasteiger partial charge in [0.15, 0.2) is 0 Å². The lowest BCUT2D eigenvalue weighted by Crippen LogP contribution is -2.43. The lowest BCUT2D eigenvalue weighted by Gasteiger charge is -2.34. The molecule has 1 amide bonds. The molecule has 5 nitrogen and oxygen atoms in total. The van der Waals surface area contributed by atoms with Crippen LogP contribution >= 0.6 is 0 Å². The van der Waals surface area contributed by atoms with E-state index in [9.17, 15) is 4.79 Å². The molecule has 1 aliphatic heterocycles. The van der Waals surface area contributed by atoms with E-state index in [1.165, 1.54) is 5.69 Å². The summed E-state index contributed by atoms with van der Waals surface area (Å²) in [5, 5.41) is 2.86. The first kappa shape index (κ1) is 13.1. The maximum absolute atomic E-state index is 11.8. The highest BCUT2D eigenvalue weighted by atomic mass is 16.5. The lowest BCUT2D eigenvalue weighted by molar-refractivity contribution is -0.123. The van der Waals surface area contributed by atoms with E-state index in [0.29, 0.717) is 25.7 Å². The average molecular weight is 251 g/mol. The Morgan fingerprint density at radius 2 is 2.39 bits per heavy atom. The fourth-order valence-corrected chi connectivity index (χ4v) is 2.38. The highest BCUT2D eigenvalue weighted by Gasteiger charge is 2.24. The molecular weight excluding hydrogens is 230 g/mol. The van der Waals surface area contributed by atoms with Crippen molar-refractivity contribution in [3.63, 3.8) is 0 Å². The largest absolute Gasteiger partial charge is 0.383 e. The van der Waals surface area contributed by atoms with E-state index in [1.807, 2.05) is 0 Å². The van der Waals surface area contributed by atoms with Gasteiger partial charge in [0, 0.05) is 44.7 Å². The van der Waals surface area contributed by atoms with Crippen LogP contribution in [0.25, 0.3) is 0 Å². The van der Waals surface area contributed by atoms with Crippen molar-refractivity contribution in [3.8, 4) is 0 Å². The number of aromatic nitrogens is 1. The first-order chi connectivity index (χ1) is 8.72. The van der Waals surface area contributed by atoms with Gasteiger partial charge in [-0.1, -0.05) is 0 Å². The Bertz CT molecular complexity index is 403. The molecule has 18 heavy (non-hydrogen) atoms. The van der Waals surface area contributed by atoms with Crippen molar-refractivity contribution in [1.82, 2.24) is 14.8 Å². The normalized spacial score (nSPS) is 19.6. The minimum absolute atomic E-state index is 0.0684. The summed E-state index contributed by atoms with van der Waals surface area (Å²) in [6, 6.07) is 4.48. The molecule has 5 heteroatoms. The predicted octanol–water partition coefficient (Wildman–Crippen LogP) is 0.627. The molecule has 0 saturated heterocycles. The summed E-state index contributed by atoms with van der Waals surface area (Å²) in [4.78, 5) is 14.0. The van der Waals surface area contributed by atoms with Crippen LogP contribution in [0.2, 0.25) is 0 Å². The minimum Gasteiger partial charge on any atom is -0.383 e. The summed E-state index contributed by atoms with van der Waals surface area (Å²) < 4.78 is 7.16. The van der Waals surface area contributed by atoms with E-state index in [4.69, 9.17) is 4.74 Å². The first-order valence-electron chi connectivity index (χ1n) is 6.37. The van der Waals surface area contributed by atoms with E-state index in [-0.39, 0.29) is 5.91 Å². The fourth-order valence-electron chi connectivity index (χ4n) is 2.38. The van der Waals surface area contributed by atoms with Crippen molar-refractivity contribution >= 4 is 5.91 Å². The summed E-state index contributed by atoms with van der Waals surface area (Å²) in [5.41, 5.74) is 1.28. The number of rotatable bonds is 5. The van der Waals surface area contributed by atoms with Gasteiger partial charge < -0.3 is 14.6 Å². The van der Waals surface area contributed by atoms with E-state index in [1.54, 1.807) is 7.11 Å². The third-order valence-corrected chi connectivity index (χ3v) is 3.44. The van der Waals surface area contributed by atoms with E-state index in [0.717, 1.165) is 13.1 Å². The van der Waals surface area contributed by atoms with Crippen LogP contribution in [-0.4, -0.2) is 48.7 Å². The summed E-state index contributed by atoms with van der Waals surface area (Å²) in [5.74, 6) is 0.0684. The number of ether oxygens (including phenoxy) is 1.